The highest BCUT2D eigenvalue weighted by atomic mass is 16.5. The number of pyridine rings is 1. The number of urea groups is 1. The molecular weight excluding hydrogens is 242 g/mol. The summed E-state index contributed by atoms with van der Waals surface area (Å²) in [6.45, 7) is 3.37. The molecule has 1 aliphatic rings. The normalized spacial score (nSPS) is 20.0. The first-order valence-corrected chi connectivity index (χ1v) is 6.69. The van der Waals surface area contributed by atoms with Crippen LogP contribution >= 0.6 is 0 Å². The van der Waals surface area contributed by atoms with Crippen LogP contribution in [0.2, 0.25) is 0 Å². The van der Waals surface area contributed by atoms with Gasteiger partial charge in [0.15, 0.2) is 0 Å². The summed E-state index contributed by atoms with van der Waals surface area (Å²) in [5, 5.41) is 2.99. The van der Waals surface area contributed by atoms with Crippen molar-refractivity contribution in [3.8, 4) is 0 Å². The third kappa shape index (κ3) is 3.92. The van der Waals surface area contributed by atoms with Crippen molar-refractivity contribution < 1.29 is 9.53 Å². The molecule has 5 heteroatoms. The predicted octanol–water partition coefficient (Wildman–Crippen LogP) is 1.79. The summed E-state index contributed by atoms with van der Waals surface area (Å²) in [5.74, 6) is 0. The molecule has 1 aromatic heterocycles. The van der Waals surface area contributed by atoms with Gasteiger partial charge in [0.1, 0.15) is 0 Å². The molecular formula is C14H21N3O2. The van der Waals surface area contributed by atoms with E-state index in [1.165, 1.54) is 0 Å². The van der Waals surface area contributed by atoms with E-state index in [0.717, 1.165) is 25.0 Å². The minimum atomic E-state index is -0.0696. The first kappa shape index (κ1) is 13.8. The predicted molar refractivity (Wildman–Crippen MR) is 72.7 cm³/mol. The van der Waals surface area contributed by atoms with Crippen molar-refractivity contribution in [2.45, 2.75) is 38.5 Å². The molecule has 0 aromatic carbocycles. The summed E-state index contributed by atoms with van der Waals surface area (Å²) < 4.78 is 5.57. The van der Waals surface area contributed by atoms with Crippen LogP contribution in [0.25, 0.3) is 0 Å². The van der Waals surface area contributed by atoms with Crippen LogP contribution < -0.4 is 5.32 Å². The zero-order valence-corrected chi connectivity index (χ0v) is 11.5. The van der Waals surface area contributed by atoms with Crippen LogP contribution in [0.15, 0.2) is 24.5 Å². The largest absolute Gasteiger partial charge is 0.376 e. The molecule has 2 amide bonds. The van der Waals surface area contributed by atoms with Gasteiger partial charge >= 0.3 is 6.03 Å². The zero-order chi connectivity index (χ0) is 13.7. The molecule has 0 spiro atoms. The zero-order valence-electron chi connectivity index (χ0n) is 11.5. The number of carbonyl (C=O) groups excluding carboxylic acids is 1. The fraction of sp³-hybridized carbons (Fsp3) is 0.571. The number of nitrogens with zero attached hydrogens (tertiary/aromatic N) is 2. The maximum Gasteiger partial charge on any atom is 0.317 e. The minimum absolute atomic E-state index is 0.0508. The van der Waals surface area contributed by atoms with E-state index in [2.05, 4.69) is 10.3 Å². The topological polar surface area (TPSA) is 54.5 Å². The minimum Gasteiger partial charge on any atom is -0.376 e. The van der Waals surface area contributed by atoms with Gasteiger partial charge in [0.2, 0.25) is 0 Å². The van der Waals surface area contributed by atoms with Crippen LogP contribution in [0.5, 0.6) is 0 Å². The first-order chi connectivity index (χ1) is 9.16. The number of hydrogen-bond acceptors (Lipinski definition) is 3. The van der Waals surface area contributed by atoms with Crippen LogP contribution in [0.4, 0.5) is 4.79 Å². The number of rotatable bonds is 4. The lowest BCUT2D eigenvalue weighted by atomic mass is 10.1. The summed E-state index contributed by atoms with van der Waals surface area (Å²) >= 11 is 0. The molecule has 2 atom stereocenters. The van der Waals surface area contributed by atoms with Crippen molar-refractivity contribution in [3.63, 3.8) is 0 Å². The Balaban J connectivity index is 1.82. The van der Waals surface area contributed by atoms with E-state index in [9.17, 15) is 4.79 Å². The van der Waals surface area contributed by atoms with Crippen molar-refractivity contribution in [1.29, 1.82) is 0 Å². The number of ether oxygens (including phenoxy) is 1. The third-order valence-corrected chi connectivity index (χ3v) is 3.39. The SMILES string of the molecule is C[C@@H](NC(=O)N(C)Cc1ccncc1)[C@H]1CCCO1. The van der Waals surface area contributed by atoms with Gasteiger partial charge in [-0.05, 0) is 37.5 Å². The number of nitrogens with one attached hydrogen (secondary N) is 1. The number of carbonyl (C=O) groups is 1. The average Bonchev–Trinajstić information content (AvgIpc) is 2.93. The smallest absolute Gasteiger partial charge is 0.317 e. The van der Waals surface area contributed by atoms with Gasteiger partial charge in [-0.25, -0.2) is 4.79 Å². The number of amides is 2. The summed E-state index contributed by atoms with van der Waals surface area (Å²) in [6.07, 6.45) is 5.72. The van der Waals surface area contributed by atoms with Gasteiger partial charge in [-0.3, -0.25) is 4.98 Å². The van der Waals surface area contributed by atoms with Crippen LogP contribution in [0.1, 0.15) is 25.3 Å². The maximum atomic E-state index is 12.1. The summed E-state index contributed by atoms with van der Waals surface area (Å²) in [6, 6.07) is 3.80. The summed E-state index contributed by atoms with van der Waals surface area (Å²) in [7, 11) is 1.79. The van der Waals surface area contributed by atoms with Gasteiger partial charge in [-0.1, -0.05) is 0 Å². The van der Waals surface area contributed by atoms with Gasteiger partial charge < -0.3 is 15.0 Å². The molecule has 0 bridgehead atoms. The van der Waals surface area contributed by atoms with Gasteiger partial charge in [0.05, 0.1) is 12.1 Å². The molecule has 1 aliphatic heterocycles. The standard InChI is InChI=1S/C14H21N3O2/c1-11(13-4-3-9-19-13)16-14(18)17(2)10-12-5-7-15-8-6-12/h5-8,11,13H,3-4,9-10H2,1-2H3,(H,16,18)/t11-,13-/m1/s1. The second-order valence-corrected chi connectivity index (χ2v) is 5.00. The lowest BCUT2D eigenvalue weighted by Crippen LogP contribution is -2.46. The molecule has 0 unspecified atom stereocenters. The highest BCUT2D eigenvalue weighted by Gasteiger charge is 2.24. The van der Waals surface area contributed by atoms with Gasteiger partial charge in [0.25, 0.3) is 0 Å². The summed E-state index contributed by atoms with van der Waals surface area (Å²) in [5.41, 5.74) is 1.07. The van der Waals surface area contributed by atoms with E-state index < -0.39 is 0 Å². The Morgan fingerprint density at radius 3 is 2.95 bits per heavy atom. The Morgan fingerprint density at radius 2 is 2.32 bits per heavy atom. The first-order valence-electron chi connectivity index (χ1n) is 6.69. The second-order valence-electron chi connectivity index (χ2n) is 5.00. The van der Waals surface area contributed by atoms with Crippen molar-refractivity contribution in [2.24, 2.45) is 0 Å². The van der Waals surface area contributed by atoms with Crippen molar-refractivity contribution >= 4 is 6.03 Å². The Kier molecular flexibility index (Phi) is 4.74. The Hall–Kier alpha value is -1.62. The number of hydrogen-bond donors (Lipinski definition) is 1. The molecule has 0 saturated carbocycles. The second kappa shape index (κ2) is 6.52. The Labute approximate surface area is 114 Å². The van der Waals surface area contributed by atoms with Crippen molar-refractivity contribution in [3.05, 3.63) is 30.1 Å². The van der Waals surface area contributed by atoms with E-state index in [0.29, 0.717) is 6.54 Å². The molecule has 1 aromatic rings. The Bertz CT molecular complexity index is 404. The lowest BCUT2D eigenvalue weighted by molar-refractivity contribution is 0.0838. The van der Waals surface area contributed by atoms with Crippen LogP contribution in [0.3, 0.4) is 0 Å². The molecule has 1 fully saturated rings. The number of aromatic nitrogens is 1. The van der Waals surface area contributed by atoms with E-state index in [4.69, 9.17) is 4.74 Å². The third-order valence-electron chi connectivity index (χ3n) is 3.39. The highest BCUT2D eigenvalue weighted by Crippen LogP contribution is 2.15. The fourth-order valence-corrected chi connectivity index (χ4v) is 2.23. The van der Waals surface area contributed by atoms with Crippen LogP contribution in [0, 0.1) is 0 Å². The summed E-state index contributed by atoms with van der Waals surface area (Å²) in [4.78, 5) is 17.7. The van der Waals surface area contributed by atoms with E-state index in [1.54, 1.807) is 24.3 Å². The van der Waals surface area contributed by atoms with Crippen molar-refractivity contribution in [2.75, 3.05) is 13.7 Å². The van der Waals surface area contributed by atoms with Gasteiger partial charge in [-0.15, -0.1) is 0 Å². The fourth-order valence-electron chi connectivity index (χ4n) is 2.23. The molecule has 5 nitrogen and oxygen atoms in total. The lowest BCUT2D eigenvalue weighted by Gasteiger charge is -2.24. The monoisotopic (exact) mass is 263 g/mol. The highest BCUT2D eigenvalue weighted by molar-refractivity contribution is 5.74. The van der Waals surface area contributed by atoms with E-state index in [1.807, 2.05) is 19.1 Å². The van der Waals surface area contributed by atoms with Crippen LogP contribution in [-0.4, -0.2) is 41.7 Å². The molecule has 1 saturated heterocycles. The van der Waals surface area contributed by atoms with E-state index >= 15 is 0 Å². The Morgan fingerprint density at radius 1 is 1.58 bits per heavy atom. The molecule has 1 N–H and O–H groups in total. The van der Waals surface area contributed by atoms with E-state index in [-0.39, 0.29) is 18.2 Å². The average molecular weight is 263 g/mol. The van der Waals surface area contributed by atoms with Crippen LogP contribution in [-0.2, 0) is 11.3 Å². The molecule has 2 rings (SSSR count). The van der Waals surface area contributed by atoms with Gasteiger partial charge in [0, 0.05) is 32.6 Å². The molecule has 0 aliphatic carbocycles. The maximum absolute atomic E-state index is 12.1. The molecule has 104 valence electrons. The quantitative estimate of drug-likeness (QED) is 0.901. The molecule has 19 heavy (non-hydrogen) atoms. The molecule has 0 radical (unpaired) electrons. The van der Waals surface area contributed by atoms with Crippen molar-refractivity contribution in [1.82, 2.24) is 15.2 Å². The van der Waals surface area contributed by atoms with Gasteiger partial charge in [-0.2, -0.15) is 0 Å². The molecule has 2 heterocycles.